The summed E-state index contributed by atoms with van der Waals surface area (Å²) in [5, 5.41) is 3.03. The van der Waals surface area contributed by atoms with Gasteiger partial charge >= 0.3 is 6.09 Å². The van der Waals surface area contributed by atoms with Crippen molar-refractivity contribution in [3.8, 4) is 0 Å². The SMILES string of the molecule is CC(C)c1ccc2c(c1)C1(CCN(C(=O)OC(C)(C)C)CC1)C(=O)N2. The molecule has 0 unspecified atom stereocenters. The molecule has 5 nitrogen and oxygen atoms in total. The van der Waals surface area contributed by atoms with Gasteiger partial charge in [-0.3, -0.25) is 4.79 Å². The van der Waals surface area contributed by atoms with Gasteiger partial charge in [-0.15, -0.1) is 0 Å². The van der Waals surface area contributed by atoms with Gasteiger partial charge in [0.1, 0.15) is 5.60 Å². The number of fused-ring (bicyclic) bond motifs is 2. The molecule has 0 atom stereocenters. The lowest BCUT2D eigenvalue weighted by Gasteiger charge is -2.38. The first kappa shape index (κ1) is 17.8. The van der Waals surface area contributed by atoms with Gasteiger partial charge in [0.15, 0.2) is 0 Å². The Labute approximate surface area is 149 Å². The molecule has 0 aliphatic carbocycles. The van der Waals surface area contributed by atoms with E-state index >= 15 is 0 Å². The van der Waals surface area contributed by atoms with Gasteiger partial charge < -0.3 is 15.0 Å². The first-order valence-corrected chi connectivity index (χ1v) is 9.06. The molecule has 2 aliphatic heterocycles. The van der Waals surface area contributed by atoms with E-state index in [9.17, 15) is 9.59 Å². The molecule has 2 amide bonds. The summed E-state index contributed by atoms with van der Waals surface area (Å²) in [5.41, 5.74) is 2.23. The molecule has 1 aromatic rings. The molecular weight excluding hydrogens is 316 g/mol. The standard InChI is InChI=1S/C20H28N2O3/c1-13(2)14-6-7-16-15(12-14)20(17(23)21-16)8-10-22(11-9-20)18(24)25-19(3,4)5/h6-7,12-13H,8-11H2,1-5H3,(H,21,23). The molecule has 1 aromatic carbocycles. The molecule has 5 heteroatoms. The topological polar surface area (TPSA) is 58.6 Å². The zero-order chi connectivity index (χ0) is 18.4. The number of benzene rings is 1. The van der Waals surface area contributed by atoms with Crippen molar-refractivity contribution >= 4 is 17.7 Å². The number of hydrogen-bond donors (Lipinski definition) is 1. The third-order valence-corrected chi connectivity index (χ3v) is 5.18. The highest BCUT2D eigenvalue weighted by molar-refractivity contribution is 6.06. The Morgan fingerprint density at radius 3 is 2.44 bits per heavy atom. The van der Waals surface area contributed by atoms with Gasteiger partial charge in [-0.05, 0) is 56.7 Å². The Kier molecular flexibility index (Phi) is 4.30. The van der Waals surface area contributed by atoms with Crippen LogP contribution in [0.2, 0.25) is 0 Å². The second-order valence-corrected chi connectivity index (χ2v) is 8.46. The van der Waals surface area contributed by atoms with Gasteiger partial charge in [-0.1, -0.05) is 26.0 Å². The maximum Gasteiger partial charge on any atom is 0.410 e. The molecule has 1 saturated heterocycles. The normalized spacial score (nSPS) is 19.1. The molecule has 0 aromatic heterocycles. The minimum absolute atomic E-state index is 0.0623. The predicted octanol–water partition coefficient (Wildman–Crippen LogP) is 4.03. The van der Waals surface area contributed by atoms with Crippen LogP contribution < -0.4 is 5.32 Å². The molecule has 136 valence electrons. The highest BCUT2D eigenvalue weighted by Crippen LogP contribution is 2.46. The number of nitrogens with zero attached hydrogens (tertiary/aromatic N) is 1. The number of carbonyl (C=O) groups is 2. The monoisotopic (exact) mass is 344 g/mol. The van der Waals surface area contributed by atoms with Gasteiger partial charge in [0, 0.05) is 18.8 Å². The second kappa shape index (κ2) is 6.04. The number of anilines is 1. The largest absolute Gasteiger partial charge is 0.444 e. The van der Waals surface area contributed by atoms with Gasteiger partial charge in [0.25, 0.3) is 0 Å². The summed E-state index contributed by atoms with van der Waals surface area (Å²) in [4.78, 5) is 26.8. The number of hydrogen-bond acceptors (Lipinski definition) is 3. The molecule has 2 aliphatic rings. The van der Waals surface area contributed by atoms with E-state index < -0.39 is 11.0 Å². The Bertz CT molecular complexity index is 695. The van der Waals surface area contributed by atoms with Crippen LogP contribution in [0.3, 0.4) is 0 Å². The van der Waals surface area contributed by atoms with E-state index in [4.69, 9.17) is 4.74 Å². The van der Waals surface area contributed by atoms with Crippen LogP contribution in [0.1, 0.15) is 64.5 Å². The molecule has 0 radical (unpaired) electrons. The van der Waals surface area contributed by atoms with Crippen molar-refractivity contribution in [2.75, 3.05) is 18.4 Å². The zero-order valence-electron chi connectivity index (χ0n) is 15.8. The third-order valence-electron chi connectivity index (χ3n) is 5.18. The maximum absolute atomic E-state index is 12.7. The summed E-state index contributed by atoms with van der Waals surface area (Å²) in [5.74, 6) is 0.479. The van der Waals surface area contributed by atoms with Crippen LogP contribution in [0, 0.1) is 0 Å². The number of carbonyl (C=O) groups excluding carboxylic acids is 2. The minimum atomic E-state index is -0.515. The molecule has 1 spiro atoms. The number of rotatable bonds is 1. The first-order chi connectivity index (χ1) is 11.6. The van der Waals surface area contributed by atoms with Crippen molar-refractivity contribution in [2.24, 2.45) is 0 Å². The van der Waals surface area contributed by atoms with Crippen LogP contribution in [0.4, 0.5) is 10.5 Å². The summed E-state index contributed by atoms with van der Waals surface area (Å²) >= 11 is 0. The van der Waals surface area contributed by atoms with E-state index in [2.05, 4.69) is 31.3 Å². The van der Waals surface area contributed by atoms with Crippen LogP contribution in [0.5, 0.6) is 0 Å². The van der Waals surface area contributed by atoms with Gasteiger partial charge in [0.05, 0.1) is 5.41 Å². The van der Waals surface area contributed by atoms with Gasteiger partial charge in [0.2, 0.25) is 5.91 Å². The minimum Gasteiger partial charge on any atom is -0.444 e. The lowest BCUT2D eigenvalue weighted by Crippen LogP contribution is -2.49. The van der Waals surface area contributed by atoms with E-state index in [1.807, 2.05) is 26.8 Å². The maximum atomic E-state index is 12.7. The fourth-order valence-electron chi connectivity index (χ4n) is 3.68. The van der Waals surface area contributed by atoms with Crippen molar-refractivity contribution in [3.63, 3.8) is 0 Å². The lowest BCUT2D eigenvalue weighted by molar-refractivity contribution is -0.122. The highest BCUT2D eigenvalue weighted by atomic mass is 16.6. The van der Waals surface area contributed by atoms with E-state index in [0.717, 1.165) is 11.3 Å². The molecule has 25 heavy (non-hydrogen) atoms. The van der Waals surface area contributed by atoms with Crippen LogP contribution in [0.25, 0.3) is 0 Å². The molecule has 0 saturated carbocycles. The smallest absolute Gasteiger partial charge is 0.410 e. The van der Waals surface area contributed by atoms with Crippen LogP contribution in [-0.2, 0) is 14.9 Å². The molecule has 2 heterocycles. The van der Waals surface area contributed by atoms with Crippen LogP contribution >= 0.6 is 0 Å². The van der Waals surface area contributed by atoms with Crippen molar-refractivity contribution in [2.45, 2.75) is 64.4 Å². The van der Waals surface area contributed by atoms with Crippen molar-refractivity contribution in [3.05, 3.63) is 29.3 Å². The quantitative estimate of drug-likeness (QED) is 0.837. The number of nitrogens with one attached hydrogen (secondary N) is 1. The average molecular weight is 344 g/mol. The van der Waals surface area contributed by atoms with E-state index in [0.29, 0.717) is 31.8 Å². The van der Waals surface area contributed by atoms with Crippen molar-refractivity contribution < 1.29 is 14.3 Å². The summed E-state index contributed by atoms with van der Waals surface area (Å²) in [7, 11) is 0. The predicted molar refractivity (Wildman–Crippen MR) is 97.9 cm³/mol. The van der Waals surface area contributed by atoms with E-state index in [1.165, 1.54) is 5.56 Å². The van der Waals surface area contributed by atoms with Gasteiger partial charge in [-0.2, -0.15) is 0 Å². The Morgan fingerprint density at radius 1 is 1.24 bits per heavy atom. The summed E-state index contributed by atoms with van der Waals surface area (Å²) in [6.07, 6.45) is 0.969. The molecule has 1 fully saturated rings. The summed E-state index contributed by atoms with van der Waals surface area (Å²) < 4.78 is 5.46. The van der Waals surface area contributed by atoms with Gasteiger partial charge in [-0.25, -0.2) is 4.79 Å². The molecule has 1 N–H and O–H groups in total. The fourth-order valence-corrected chi connectivity index (χ4v) is 3.68. The highest BCUT2D eigenvalue weighted by Gasteiger charge is 2.49. The Balaban J connectivity index is 1.81. The Morgan fingerprint density at radius 2 is 1.88 bits per heavy atom. The van der Waals surface area contributed by atoms with E-state index in [1.54, 1.807) is 4.90 Å². The average Bonchev–Trinajstić information content (AvgIpc) is 2.78. The van der Waals surface area contributed by atoms with Crippen LogP contribution in [-0.4, -0.2) is 35.6 Å². The third kappa shape index (κ3) is 3.24. The number of amides is 2. The van der Waals surface area contributed by atoms with E-state index in [-0.39, 0.29) is 12.0 Å². The molecular formula is C20H28N2O3. The molecule has 0 bridgehead atoms. The van der Waals surface area contributed by atoms with Crippen molar-refractivity contribution in [1.82, 2.24) is 4.90 Å². The summed E-state index contributed by atoms with van der Waals surface area (Å²) in [6.45, 7) is 11.0. The zero-order valence-corrected chi connectivity index (χ0v) is 15.8. The first-order valence-electron chi connectivity index (χ1n) is 9.06. The van der Waals surface area contributed by atoms with Crippen molar-refractivity contribution in [1.29, 1.82) is 0 Å². The Hall–Kier alpha value is -2.04. The number of likely N-dealkylation sites (tertiary alicyclic amines) is 1. The lowest BCUT2D eigenvalue weighted by atomic mass is 9.73. The van der Waals surface area contributed by atoms with Crippen LogP contribution in [0.15, 0.2) is 18.2 Å². The molecule has 3 rings (SSSR count). The number of ether oxygens (including phenoxy) is 1. The number of piperidine rings is 1. The fraction of sp³-hybridized carbons (Fsp3) is 0.600. The summed E-state index contributed by atoms with van der Waals surface area (Å²) in [6, 6.07) is 6.26. The second-order valence-electron chi connectivity index (χ2n) is 8.46.